The SMILES string of the molecule is COc1ccc(/C=C/C(=O)n2c(SCc3ccc(C)cc3)nc3ccccc32)cc1. The van der Waals surface area contributed by atoms with Crippen molar-refractivity contribution in [3.63, 3.8) is 0 Å². The van der Waals surface area contributed by atoms with Crippen molar-refractivity contribution in [3.8, 4) is 5.75 Å². The summed E-state index contributed by atoms with van der Waals surface area (Å²) < 4.78 is 6.87. The van der Waals surface area contributed by atoms with Gasteiger partial charge in [0.1, 0.15) is 5.75 Å². The molecule has 1 heterocycles. The van der Waals surface area contributed by atoms with Gasteiger partial charge in [-0.05, 0) is 48.4 Å². The predicted molar refractivity (Wildman–Crippen MR) is 123 cm³/mol. The third kappa shape index (κ3) is 4.47. The Kier molecular flexibility index (Phi) is 6.00. The number of allylic oxidation sites excluding steroid dienone is 1. The van der Waals surface area contributed by atoms with Gasteiger partial charge >= 0.3 is 0 Å². The van der Waals surface area contributed by atoms with Crippen LogP contribution in [-0.2, 0) is 5.75 Å². The molecule has 0 saturated heterocycles. The van der Waals surface area contributed by atoms with Gasteiger partial charge in [-0.3, -0.25) is 9.36 Å². The van der Waals surface area contributed by atoms with Crippen molar-refractivity contribution < 1.29 is 9.53 Å². The highest BCUT2D eigenvalue weighted by atomic mass is 32.2. The number of ether oxygens (including phenoxy) is 1. The number of fused-ring (bicyclic) bond motifs is 1. The fourth-order valence-electron chi connectivity index (χ4n) is 3.10. The summed E-state index contributed by atoms with van der Waals surface area (Å²) in [5, 5.41) is 0.696. The van der Waals surface area contributed by atoms with Gasteiger partial charge in [-0.25, -0.2) is 4.98 Å². The van der Waals surface area contributed by atoms with Gasteiger partial charge in [-0.15, -0.1) is 0 Å². The van der Waals surface area contributed by atoms with Crippen LogP contribution in [0.4, 0.5) is 0 Å². The molecule has 0 amide bonds. The first kappa shape index (κ1) is 20.0. The molecule has 0 N–H and O–H groups in total. The van der Waals surface area contributed by atoms with Crippen LogP contribution in [0.2, 0.25) is 0 Å². The summed E-state index contributed by atoms with van der Waals surface area (Å²) in [5.74, 6) is 1.42. The lowest BCUT2D eigenvalue weighted by atomic mass is 10.2. The van der Waals surface area contributed by atoms with E-state index in [2.05, 4.69) is 31.2 Å². The van der Waals surface area contributed by atoms with Gasteiger partial charge in [0.2, 0.25) is 0 Å². The van der Waals surface area contributed by atoms with Crippen LogP contribution in [0.5, 0.6) is 5.75 Å². The number of nitrogens with zero attached hydrogens (tertiary/aromatic N) is 2. The van der Waals surface area contributed by atoms with Crippen LogP contribution in [0.1, 0.15) is 21.5 Å². The zero-order chi connectivity index (χ0) is 20.9. The number of imidazole rings is 1. The molecule has 30 heavy (non-hydrogen) atoms. The van der Waals surface area contributed by atoms with Crippen LogP contribution in [0.25, 0.3) is 17.1 Å². The Morgan fingerprint density at radius 1 is 1.03 bits per heavy atom. The van der Waals surface area contributed by atoms with E-state index in [0.717, 1.165) is 28.1 Å². The highest BCUT2D eigenvalue weighted by molar-refractivity contribution is 7.98. The van der Waals surface area contributed by atoms with Crippen molar-refractivity contribution in [2.24, 2.45) is 0 Å². The molecule has 0 spiro atoms. The molecular weight excluding hydrogens is 392 g/mol. The molecule has 4 aromatic rings. The van der Waals surface area contributed by atoms with E-state index in [-0.39, 0.29) is 5.91 Å². The fraction of sp³-hybridized carbons (Fsp3) is 0.120. The minimum absolute atomic E-state index is 0.120. The second-order valence-electron chi connectivity index (χ2n) is 6.94. The number of methoxy groups -OCH3 is 1. The summed E-state index contributed by atoms with van der Waals surface area (Å²) in [4.78, 5) is 17.8. The maximum atomic E-state index is 13.1. The number of para-hydroxylation sites is 2. The number of benzene rings is 3. The van der Waals surface area contributed by atoms with Gasteiger partial charge in [0.15, 0.2) is 5.16 Å². The number of hydrogen-bond acceptors (Lipinski definition) is 4. The molecule has 4 rings (SSSR count). The van der Waals surface area contributed by atoms with Crippen LogP contribution < -0.4 is 4.74 Å². The Morgan fingerprint density at radius 3 is 2.50 bits per heavy atom. The van der Waals surface area contributed by atoms with Gasteiger partial charge in [-0.2, -0.15) is 0 Å². The molecule has 0 aliphatic carbocycles. The summed E-state index contributed by atoms with van der Waals surface area (Å²) in [6, 6.07) is 23.7. The molecule has 1 aromatic heterocycles. The van der Waals surface area contributed by atoms with Crippen molar-refractivity contribution in [1.82, 2.24) is 9.55 Å². The fourth-order valence-corrected chi connectivity index (χ4v) is 4.07. The number of carbonyl (C=O) groups excluding carboxylic acids is 1. The maximum absolute atomic E-state index is 13.1. The molecule has 0 aliphatic rings. The second-order valence-corrected chi connectivity index (χ2v) is 7.88. The molecule has 0 radical (unpaired) electrons. The lowest BCUT2D eigenvalue weighted by molar-refractivity contribution is 0.0965. The number of aromatic nitrogens is 2. The number of carbonyl (C=O) groups is 1. The zero-order valence-electron chi connectivity index (χ0n) is 16.9. The topological polar surface area (TPSA) is 44.1 Å². The third-order valence-electron chi connectivity index (χ3n) is 4.77. The van der Waals surface area contributed by atoms with Gasteiger partial charge in [-0.1, -0.05) is 65.9 Å². The first-order chi connectivity index (χ1) is 14.6. The van der Waals surface area contributed by atoms with Crippen LogP contribution in [0.15, 0.2) is 84.0 Å². The standard InChI is InChI=1S/C25H22N2O2S/c1-18-7-9-20(10-8-18)17-30-25-26-22-5-3-4-6-23(22)27(25)24(28)16-13-19-11-14-21(29-2)15-12-19/h3-16H,17H2,1-2H3/b16-13+. The van der Waals surface area contributed by atoms with Crippen molar-refractivity contribution in [3.05, 3.63) is 95.6 Å². The summed E-state index contributed by atoms with van der Waals surface area (Å²) in [6.45, 7) is 2.07. The van der Waals surface area contributed by atoms with Crippen molar-refractivity contribution >= 4 is 34.8 Å². The lowest BCUT2D eigenvalue weighted by Gasteiger charge is -2.06. The van der Waals surface area contributed by atoms with Crippen molar-refractivity contribution in [2.75, 3.05) is 7.11 Å². The highest BCUT2D eigenvalue weighted by Crippen LogP contribution is 2.27. The van der Waals surface area contributed by atoms with Crippen LogP contribution in [0.3, 0.4) is 0 Å². The van der Waals surface area contributed by atoms with Crippen LogP contribution >= 0.6 is 11.8 Å². The molecule has 0 atom stereocenters. The number of rotatable bonds is 6. The Bertz CT molecular complexity index is 1190. The van der Waals surface area contributed by atoms with Crippen LogP contribution in [-0.4, -0.2) is 22.6 Å². The maximum Gasteiger partial charge on any atom is 0.257 e. The average Bonchev–Trinajstić information content (AvgIpc) is 3.16. The normalized spacial score (nSPS) is 11.3. The smallest absolute Gasteiger partial charge is 0.257 e. The van der Waals surface area contributed by atoms with E-state index in [1.807, 2.05) is 54.6 Å². The largest absolute Gasteiger partial charge is 0.497 e. The molecule has 0 aliphatic heterocycles. The number of hydrogen-bond donors (Lipinski definition) is 0. The van der Waals surface area contributed by atoms with Gasteiger partial charge in [0.05, 0.1) is 18.1 Å². The number of thioether (sulfide) groups is 1. The molecular formula is C25H22N2O2S. The van der Waals surface area contributed by atoms with Gasteiger partial charge in [0, 0.05) is 11.8 Å². The molecule has 0 fully saturated rings. The number of aryl methyl sites for hydroxylation is 1. The first-order valence-electron chi connectivity index (χ1n) is 9.66. The Hall–Kier alpha value is -3.31. The minimum atomic E-state index is -0.120. The average molecular weight is 415 g/mol. The second kappa shape index (κ2) is 9.01. The van der Waals surface area contributed by atoms with E-state index < -0.39 is 0 Å². The van der Waals surface area contributed by atoms with E-state index >= 15 is 0 Å². The molecule has 0 unspecified atom stereocenters. The quantitative estimate of drug-likeness (QED) is 0.287. The highest BCUT2D eigenvalue weighted by Gasteiger charge is 2.15. The van der Waals surface area contributed by atoms with E-state index in [1.165, 1.54) is 11.1 Å². The van der Waals surface area contributed by atoms with E-state index in [9.17, 15) is 4.79 Å². The summed E-state index contributed by atoms with van der Waals surface area (Å²) in [7, 11) is 1.63. The predicted octanol–water partition coefficient (Wildman–Crippen LogP) is 6.00. The summed E-state index contributed by atoms with van der Waals surface area (Å²) >= 11 is 1.57. The molecule has 0 bridgehead atoms. The minimum Gasteiger partial charge on any atom is -0.497 e. The molecule has 3 aromatic carbocycles. The Morgan fingerprint density at radius 2 is 1.77 bits per heavy atom. The molecule has 0 saturated carbocycles. The van der Waals surface area contributed by atoms with Crippen LogP contribution in [0, 0.1) is 6.92 Å². The van der Waals surface area contributed by atoms with Gasteiger partial charge in [0.25, 0.3) is 5.91 Å². The monoisotopic (exact) mass is 414 g/mol. The third-order valence-corrected chi connectivity index (χ3v) is 5.78. The molecule has 4 nitrogen and oxygen atoms in total. The molecule has 150 valence electrons. The van der Waals surface area contributed by atoms with Crippen molar-refractivity contribution in [1.29, 1.82) is 0 Å². The summed E-state index contributed by atoms with van der Waals surface area (Å²) in [5.41, 5.74) is 4.99. The van der Waals surface area contributed by atoms with Crippen molar-refractivity contribution in [2.45, 2.75) is 17.8 Å². The van der Waals surface area contributed by atoms with E-state index in [1.54, 1.807) is 29.5 Å². The Labute approximate surface area is 180 Å². The van der Waals surface area contributed by atoms with Gasteiger partial charge < -0.3 is 4.74 Å². The van der Waals surface area contributed by atoms with E-state index in [0.29, 0.717) is 5.16 Å². The zero-order valence-corrected chi connectivity index (χ0v) is 17.7. The summed E-state index contributed by atoms with van der Waals surface area (Å²) in [6.07, 6.45) is 3.40. The van der Waals surface area contributed by atoms with E-state index in [4.69, 9.17) is 9.72 Å². The Balaban J connectivity index is 1.60. The first-order valence-corrected chi connectivity index (χ1v) is 10.6. The lowest BCUT2D eigenvalue weighted by Crippen LogP contribution is -2.08. The molecule has 5 heteroatoms.